The normalized spacial score (nSPS) is 12.1. The fourth-order valence-corrected chi connectivity index (χ4v) is 4.53. The minimum absolute atomic E-state index is 0.0138. The Morgan fingerprint density at radius 2 is 1.40 bits per heavy atom. The molecule has 55 heavy (non-hydrogen) atoms. The van der Waals surface area contributed by atoms with Gasteiger partial charge in [0.05, 0.1) is 58.1 Å². The van der Waals surface area contributed by atoms with Crippen LogP contribution in [0.2, 0.25) is 0 Å². The van der Waals surface area contributed by atoms with Gasteiger partial charge in [-0.2, -0.15) is 9.97 Å². The molecule has 0 aliphatic heterocycles. The topological polar surface area (TPSA) is 260 Å². The van der Waals surface area contributed by atoms with Crippen LogP contribution in [0.15, 0.2) is 30.5 Å². The minimum atomic E-state index is -1.07. The second-order valence-corrected chi connectivity index (χ2v) is 14.1. The first-order chi connectivity index (χ1) is 26.0. The van der Waals surface area contributed by atoms with Crippen LogP contribution < -0.4 is 27.0 Å². The van der Waals surface area contributed by atoms with Gasteiger partial charge in [0.2, 0.25) is 17.7 Å². The minimum Gasteiger partial charge on any atom is -0.492 e. The van der Waals surface area contributed by atoms with Crippen LogP contribution in [0.4, 0.5) is 16.4 Å². The first-order valence-electron chi connectivity index (χ1n) is 17.8. The number of hydrogen-bond donors (Lipinski definition) is 6. The highest BCUT2D eigenvalue weighted by Crippen LogP contribution is 2.19. The Bertz CT molecular complexity index is 1710. The number of rotatable bonds is 21. The van der Waals surface area contributed by atoms with Crippen molar-refractivity contribution in [3.8, 4) is 5.88 Å². The summed E-state index contributed by atoms with van der Waals surface area (Å²) in [5.74, 6) is -1.98. The van der Waals surface area contributed by atoms with Gasteiger partial charge in [0.1, 0.15) is 17.2 Å². The van der Waals surface area contributed by atoms with Crippen LogP contribution in [0, 0.1) is 0 Å². The molecule has 3 amide bonds. The lowest BCUT2D eigenvalue weighted by atomic mass is 10.1. The number of carbonyl (C=O) groups excluding carboxylic acids is 4. The number of nitrogens with two attached hydrogens (primary N) is 1. The van der Waals surface area contributed by atoms with E-state index in [0.717, 1.165) is 0 Å². The van der Waals surface area contributed by atoms with Gasteiger partial charge in [0.25, 0.3) is 5.91 Å². The lowest BCUT2D eigenvalue weighted by Crippen LogP contribution is -2.45. The van der Waals surface area contributed by atoms with Gasteiger partial charge < -0.3 is 55.8 Å². The van der Waals surface area contributed by atoms with Crippen LogP contribution in [-0.2, 0) is 39.8 Å². The van der Waals surface area contributed by atoms with Gasteiger partial charge >= 0.3 is 12.1 Å². The number of carbonyl (C=O) groups is 4. The molecule has 0 aliphatic carbocycles. The second-order valence-electron chi connectivity index (χ2n) is 14.1. The van der Waals surface area contributed by atoms with Gasteiger partial charge in [-0.15, -0.1) is 0 Å². The number of benzene rings is 1. The van der Waals surface area contributed by atoms with Crippen molar-refractivity contribution >= 4 is 46.7 Å². The van der Waals surface area contributed by atoms with E-state index in [2.05, 4.69) is 41.2 Å². The second kappa shape index (κ2) is 21.5. The smallest absolute Gasteiger partial charge is 0.407 e. The number of nitrogen functional groups attached to an aromatic ring is 1. The molecule has 0 fully saturated rings. The number of amides is 3. The molecule has 7 N–H and O–H groups in total. The molecule has 0 radical (unpaired) electrons. The van der Waals surface area contributed by atoms with Crippen LogP contribution in [0.25, 0.3) is 11.2 Å². The molecule has 302 valence electrons. The lowest BCUT2D eigenvalue weighted by Gasteiger charge is -2.24. The first kappa shape index (κ1) is 44.0. The summed E-state index contributed by atoms with van der Waals surface area (Å²) >= 11 is 0. The van der Waals surface area contributed by atoms with Crippen LogP contribution in [0.1, 0.15) is 70.4 Å². The monoisotopic (exact) mass is 771 g/mol. The fraction of sp³-hybridized carbons (Fsp3) is 0.556. The van der Waals surface area contributed by atoms with Gasteiger partial charge in [-0.1, -0.05) is 0 Å². The third-order valence-corrected chi connectivity index (χ3v) is 6.96. The highest BCUT2D eigenvalue weighted by Gasteiger charge is 2.27. The van der Waals surface area contributed by atoms with Crippen molar-refractivity contribution in [3.63, 3.8) is 0 Å². The largest absolute Gasteiger partial charge is 0.492 e. The molecular weight excluding hydrogens is 718 g/mol. The maximum atomic E-state index is 13.1. The number of nitrogens with zero attached hydrogens (tertiary/aromatic N) is 4. The van der Waals surface area contributed by atoms with Crippen molar-refractivity contribution < 1.29 is 48.0 Å². The number of aromatic hydroxyl groups is 1. The van der Waals surface area contributed by atoms with E-state index in [1.165, 1.54) is 6.20 Å². The highest BCUT2D eigenvalue weighted by molar-refractivity contribution is 5.97. The van der Waals surface area contributed by atoms with E-state index in [0.29, 0.717) is 51.0 Å². The summed E-state index contributed by atoms with van der Waals surface area (Å²) < 4.78 is 27.0. The van der Waals surface area contributed by atoms with Crippen molar-refractivity contribution in [1.82, 2.24) is 35.9 Å². The summed E-state index contributed by atoms with van der Waals surface area (Å²) in [4.78, 5) is 66.4. The van der Waals surface area contributed by atoms with E-state index >= 15 is 0 Å². The zero-order chi connectivity index (χ0) is 40.4. The zero-order valence-electron chi connectivity index (χ0n) is 32.2. The molecule has 0 saturated heterocycles. The zero-order valence-corrected chi connectivity index (χ0v) is 32.2. The molecule has 3 rings (SSSR count). The number of nitrogens with one attached hydrogen (secondary N) is 4. The van der Waals surface area contributed by atoms with Crippen molar-refractivity contribution in [3.05, 3.63) is 41.7 Å². The molecule has 19 heteroatoms. The van der Waals surface area contributed by atoms with Crippen LogP contribution in [-0.4, -0.2) is 119 Å². The van der Waals surface area contributed by atoms with Crippen molar-refractivity contribution in [1.29, 1.82) is 0 Å². The molecule has 3 aromatic rings. The molecule has 0 aliphatic rings. The predicted molar refractivity (Wildman–Crippen MR) is 201 cm³/mol. The first-order valence-corrected chi connectivity index (χ1v) is 17.8. The van der Waals surface area contributed by atoms with Crippen molar-refractivity contribution in [2.45, 2.75) is 78.2 Å². The Labute approximate surface area is 319 Å². The molecular formula is C36H53N9O10. The van der Waals surface area contributed by atoms with E-state index in [-0.39, 0.29) is 67.0 Å². The average molecular weight is 772 g/mol. The Balaban J connectivity index is 1.34. The average Bonchev–Trinajstić information content (AvgIpc) is 3.09. The standard InChI is InChI=1S/C36H53N9O10/c1-35(2,3)54-32(49)26(11-12-27(46)38-13-15-51-17-19-53-20-18-52-16-14-39-34(50)55-36(4,5)6)43-30(47)23-7-9-24(10-8-23)40-21-25-22-41-29-28(42-25)31(48)45-33(37)44-29/h7-10,22,26,40H,11-21H2,1-6H3,(H,38,46)(H,39,50)(H,43,47)(H3,37,41,44,45,48). The van der Waals surface area contributed by atoms with Crippen molar-refractivity contribution in [2.24, 2.45) is 0 Å². The van der Waals surface area contributed by atoms with Crippen LogP contribution >= 0.6 is 0 Å². The number of ether oxygens (including phenoxy) is 5. The number of alkyl carbamates (subject to hydrolysis) is 1. The Morgan fingerprint density at radius 1 is 0.800 bits per heavy atom. The summed E-state index contributed by atoms with van der Waals surface area (Å²) in [5, 5.41) is 21.2. The lowest BCUT2D eigenvalue weighted by molar-refractivity contribution is -0.157. The summed E-state index contributed by atoms with van der Waals surface area (Å²) in [6, 6.07) is 5.45. The maximum absolute atomic E-state index is 13.1. The van der Waals surface area contributed by atoms with E-state index < -0.39 is 35.2 Å². The van der Waals surface area contributed by atoms with E-state index in [1.54, 1.807) is 65.8 Å². The quantitative estimate of drug-likeness (QED) is 0.0670. The summed E-state index contributed by atoms with van der Waals surface area (Å²) in [5.41, 5.74) is 5.92. The van der Waals surface area contributed by atoms with Gasteiger partial charge in [-0.25, -0.2) is 19.6 Å². The molecule has 19 nitrogen and oxygen atoms in total. The number of anilines is 2. The SMILES string of the molecule is CC(C)(C)OC(=O)NCCOCCOCCOCCNC(=O)CCC(NC(=O)c1ccc(NCc2cnc3nc(N)nc(O)c3n2)cc1)C(=O)OC(C)(C)C. The maximum Gasteiger partial charge on any atom is 0.407 e. The summed E-state index contributed by atoms with van der Waals surface area (Å²) in [7, 11) is 0. The summed E-state index contributed by atoms with van der Waals surface area (Å²) in [6.07, 6.45) is 0.964. The van der Waals surface area contributed by atoms with E-state index in [9.17, 15) is 24.3 Å². The molecule has 1 atom stereocenters. The number of hydrogen-bond acceptors (Lipinski definition) is 16. The Kier molecular flexibility index (Phi) is 17.2. The summed E-state index contributed by atoms with van der Waals surface area (Å²) in [6.45, 7) is 13.3. The van der Waals surface area contributed by atoms with Gasteiger partial charge in [0, 0.05) is 30.8 Å². The molecule has 0 saturated carbocycles. The molecule has 0 bridgehead atoms. The third kappa shape index (κ3) is 17.5. The van der Waals surface area contributed by atoms with Gasteiger partial charge in [-0.3, -0.25) is 9.59 Å². The van der Waals surface area contributed by atoms with E-state index in [4.69, 9.17) is 29.4 Å². The highest BCUT2D eigenvalue weighted by atomic mass is 16.6. The molecule has 2 heterocycles. The number of fused-ring (bicyclic) bond motifs is 1. The fourth-order valence-electron chi connectivity index (χ4n) is 4.53. The predicted octanol–water partition coefficient (Wildman–Crippen LogP) is 2.23. The molecule has 1 unspecified atom stereocenters. The van der Waals surface area contributed by atoms with E-state index in [1.807, 2.05) is 0 Å². The van der Waals surface area contributed by atoms with Crippen molar-refractivity contribution in [2.75, 3.05) is 63.8 Å². The van der Waals surface area contributed by atoms with Crippen LogP contribution in [0.3, 0.4) is 0 Å². The molecule has 1 aromatic carbocycles. The number of esters is 1. The van der Waals surface area contributed by atoms with Crippen LogP contribution in [0.5, 0.6) is 5.88 Å². The van der Waals surface area contributed by atoms with Gasteiger partial charge in [-0.05, 0) is 72.2 Å². The van der Waals surface area contributed by atoms with Gasteiger partial charge in [0.15, 0.2) is 11.2 Å². The molecule has 0 spiro atoms. The third-order valence-electron chi connectivity index (χ3n) is 6.96. The molecule has 2 aromatic heterocycles. The Morgan fingerprint density at radius 3 is 2.02 bits per heavy atom. The Hall–Kier alpha value is -5.40. The number of aromatic nitrogens is 4.